The summed E-state index contributed by atoms with van der Waals surface area (Å²) < 4.78 is 11.2. The minimum atomic E-state index is -0.395. The molecule has 2 atom stereocenters. The molecule has 1 saturated heterocycles. The first-order chi connectivity index (χ1) is 13.6. The van der Waals surface area contributed by atoms with Crippen molar-refractivity contribution in [1.82, 2.24) is 21.3 Å². The number of nitrogens with one attached hydrogen (secondary N) is 3. The van der Waals surface area contributed by atoms with Crippen LogP contribution in [0.15, 0.2) is 47.8 Å². The second kappa shape index (κ2) is 9.29. The Hall–Kier alpha value is -2.97. The highest BCUT2D eigenvalue weighted by molar-refractivity contribution is 5.84. The largest absolute Gasteiger partial charge is 0.493 e. The van der Waals surface area contributed by atoms with Gasteiger partial charge in [-0.05, 0) is 44.0 Å². The third kappa shape index (κ3) is 5.05. The Morgan fingerprint density at radius 3 is 2.89 bits per heavy atom. The van der Waals surface area contributed by atoms with Crippen molar-refractivity contribution < 1.29 is 14.3 Å². The number of nitrogens with zero attached hydrogens (tertiary/aromatic N) is 2. The number of amides is 1. The van der Waals surface area contributed by atoms with Gasteiger partial charge in [-0.2, -0.15) is 5.10 Å². The molecule has 0 spiro atoms. The average Bonchev–Trinajstić information content (AvgIpc) is 3.19. The van der Waals surface area contributed by atoms with Crippen LogP contribution >= 0.6 is 0 Å². The standard InChI is InChI=1S/C20H25N5O3/c1-13(2)28-18-7-6-15(9-19(18)27-3)16-10-17(24-23-16)20(26)25-22-12-14-5-4-8-21-11-14/h4-9,11-13,16-17,23-24H,10H2,1-3H3,(H,25,26)/b22-12+. The van der Waals surface area contributed by atoms with Gasteiger partial charge in [0.1, 0.15) is 6.04 Å². The minimum absolute atomic E-state index is 0.0277. The summed E-state index contributed by atoms with van der Waals surface area (Å²) in [6.45, 7) is 3.94. The lowest BCUT2D eigenvalue weighted by molar-refractivity contribution is -0.122. The van der Waals surface area contributed by atoms with Crippen molar-refractivity contribution in [1.29, 1.82) is 0 Å². The number of hydrogen-bond donors (Lipinski definition) is 3. The number of methoxy groups -OCH3 is 1. The van der Waals surface area contributed by atoms with E-state index in [0.29, 0.717) is 17.9 Å². The number of hydrazine groups is 1. The molecule has 148 valence electrons. The summed E-state index contributed by atoms with van der Waals surface area (Å²) in [6.07, 6.45) is 5.55. The SMILES string of the molecule is COc1cc(C2CC(C(=O)N/N=C/c3cccnc3)NN2)ccc1OC(C)C. The molecule has 2 unspecified atom stereocenters. The second-order valence-electron chi connectivity index (χ2n) is 6.73. The molecule has 3 rings (SSSR count). The van der Waals surface area contributed by atoms with Gasteiger partial charge in [-0.3, -0.25) is 9.78 Å². The third-order valence-electron chi connectivity index (χ3n) is 4.25. The lowest BCUT2D eigenvalue weighted by Gasteiger charge is -2.16. The maximum Gasteiger partial charge on any atom is 0.258 e. The van der Waals surface area contributed by atoms with E-state index >= 15 is 0 Å². The molecule has 1 aliphatic rings. The minimum Gasteiger partial charge on any atom is -0.493 e. The summed E-state index contributed by atoms with van der Waals surface area (Å²) >= 11 is 0. The van der Waals surface area contributed by atoms with Gasteiger partial charge in [0.2, 0.25) is 0 Å². The van der Waals surface area contributed by atoms with Crippen LogP contribution in [0.1, 0.15) is 37.4 Å². The zero-order valence-corrected chi connectivity index (χ0v) is 16.2. The molecule has 8 heteroatoms. The number of carbonyl (C=O) groups excluding carboxylic acids is 1. The van der Waals surface area contributed by atoms with E-state index in [1.165, 1.54) is 0 Å². The summed E-state index contributed by atoms with van der Waals surface area (Å²) in [5.74, 6) is 1.16. The van der Waals surface area contributed by atoms with Gasteiger partial charge in [-0.1, -0.05) is 12.1 Å². The Morgan fingerprint density at radius 2 is 2.18 bits per heavy atom. The van der Waals surface area contributed by atoms with Crippen LogP contribution in [0.2, 0.25) is 0 Å². The molecule has 3 N–H and O–H groups in total. The van der Waals surface area contributed by atoms with Gasteiger partial charge in [-0.25, -0.2) is 16.3 Å². The van der Waals surface area contributed by atoms with Crippen molar-refractivity contribution in [2.24, 2.45) is 5.10 Å². The Bertz CT molecular complexity index is 826. The van der Waals surface area contributed by atoms with E-state index in [0.717, 1.165) is 11.1 Å². The number of carbonyl (C=O) groups is 1. The first kappa shape index (κ1) is 19.8. The fraction of sp³-hybridized carbons (Fsp3) is 0.350. The van der Waals surface area contributed by atoms with E-state index in [1.54, 1.807) is 25.7 Å². The zero-order valence-electron chi connectivity index (χ0n) is 16.2. The van der Waals surface area contributed by atoms with Gasteiger partial charge in [0.25, 0.3) is 5.91 Å². The smallest absolute Gasteiger partial charge is 0.258 e. The van der Waals surface area contributed by atoms with E-state index in [9.17, 15) is 4.79 Å². The van der Waals surface area contributed by atoms with Crippen molar-refractivity contribution >= 4 is 12.1 Å². The van der Waals surface area contributed by atoms with Gasteiger partial charge in [0, 0.05) is 24.0 Å². The topological polar surface area (TPSA) is 96.9 Å². The van der Waals surface area contributed by atoms with E-state index in [1.807, 2.05) is 44.2 Å². The van der Waals surface area contributed by atoms with Crippen LogP contribution in [0.5, 0.6) is 11.5 Å². The normalized spacial score (nSPS) is 19.1. The zero-order chi connectivity index (χ0) is 19.9. The highest BCUT2D eigenvalue weighted by atomic mass is 16.5. The van der Waals surface area contributed by atoms with Crippen molar-refractivity contribution in [3.8, 4) is 11.5 Å². The first-order valence-corrected chi connectivity index (χ1v) is 9.15. The number of hydrazone groups is 1. The molecule has 1 amide bonds. The lowest BCUT2D eigenvalue weighted by Crippen LogP contribution is -2.41. The quantitative estimate of drug-likeness (QED) is 0.499. The highest BCUT2D eigenvalue weighted by Crippen LogP contribution is 2.33. The Balaban J connectivity index is 1.58. The predicted molar refractivity (Wildman–Crippen MR) is 106 cm³/mol. The van der Waals surface area contributed by atoms with Gasteiger partial charge in [-0.15, -0.1) is 0 Å². The van der Waals surface area contributed by atoms with Crippen LogP contribution in [0.4, 0.5) is 0 Å². The van der Waals surface area contributed by atoms with E-state index in [4.69, 9.17) is 9.47 Å². The fourth-order valence-electron chi connectivity index (χ4n) is 2.90. The van der Waals surface area contributed by atoms with E-state index in [2.05, 4.69) is 26.4 Å². The van der Waals surface area contributed by atoms with Crippen LogP contribution in [-0.4, -0.2) is 36.4 Å². The van der Waals surface area contributed by atoms with E-state index in [-0.39, 0.29) is 18.1 Å². The molecule has 1 aromatic carbocycles. The summed E-state index contributed by atoms with van der Waals surface area (Å²) in [7, 11) is 1.61. The molecule has 8 nitrogen and oxygen atoms in total. The predicted octanol–water partition coefficient (Wildman–Crippen LogP) is 1.94. The summed E-state index contributed by atoms with van der Waals surface area (Å²) in [4.78, 5) is 16.3. The number of hydrogen-bond acceptors (Lipinski definition) is 7. The molecule has 0 aliphatic carbocycles. The van der Waals surface area contributed by atoms with Gasteiger partial charge in [0.15, 0.2) is 11.5 Å². The molecule has 1 fully saturated rings. The third-order valence-corrected chi connectivity index (χ3v) is 4.25. The molecule has 1 aliphatic heterocycles. The van der Waals surface area contributed by atoms with Gasteiger partial charge >= 0.3 is 0 Å². The summed E-state index contributed by atoms with van der Waals surface area (Å²) in [5.41, 5.74) is 10.5. The maximum atomic E-state index is 12.3. The Labute approximate surface area is 164 Å². The highest BCUT2D eigenvalue weighted by Gasteiger charge is 2.30. The van der Waals surface area contributed by atoms with Crippen LogP contribution in [0.25, 0.3) is 0 Å². The molecular weight excluding hydrogens is 358 g/mol. The summed E-state index contributed by atoms with van der Waals surface area (Å²) in [6, 6.07) is 9.03. The average molecular weight is 383 g/mol. The first-order valence-electron chi connectivity index (χ1n) is 9.15. The molecule has 1 aromatic heterocycles. The molecule has 2 aromatic rings. The van der Waals surface area contributed by atoms with Crippen LogP contribution in [0.3, 0.4) is 0 Å². The Kier molecular flexibility index (Phi) is 6.57. The van der Waals surface area contributed by atoms with Crippen LogP contribution in [0, 0.1) is 0 Å². The molecular formula is C20H25N5O3. The molecule has 0 saturated carbocycles. The fourth-order valence-corrected chi connectivity index (χ4v) is 2.90. The molecule has 28 heavy (non-hydrogen) atoms. The number of rotatable bonds is 7. The number of pyridine rings is 1. The van der Waals surface area contributed by atoms with Crippen LogP contribution < -0.4 is 25.8 Å². The van der Waals surface area contributed by atoms with E-state index < -0.39 is 6.04 Å². The van der Waals surface area contributed by atoms with Crippen LogP contribution in [-0.2, 0) is 4.79 Å². The molecule has 0 radical (unpaired) electrons. The monoisotopic (exact) mass is 383 g/mol. The lowest BCUT2D eigenvalue weighted by atomic mass is 10.0. The second-order valence-corrected chi connectivity index (χ2v) is 6.73. The van der Waals surface area contributed by atoms with Crippen molar-refractivity contribution in [3.63, 3.8) is 0 Å². The van der Waals surface area contributed by atoms with Gasteiger partial charge < -0.3 is 9.47 Å². The van der Waals surface area contributed by atoms with Crippen molar-refractivity contribution in [2.45, 2.75) is 38.5 Å². The number of aromatic nitrogens is 1. The van der Waals surface area contributed by atoms with Gasteiger partial charge in [0.05, 0.1) is 19.4 Å². The van der Waals surface area contributed by atoms with Crippen molar-refractivity contribution in [2.75, 3.05) is 7.11 Å². The number of benzene rings is 1. The molecule has 0 bridgehead atoms. The van der Waals surface area contributed by atoms with Crippen molar-refractivity contribution in [3.05, 3.63) is 53.9 Å². The maximum absolute atomic E-state index is 12.3. The number of ether oxygens (including phenoxy) is 2. The summed E-state index contributed by atoms with van der Waals surface area (Å²) in [5, 5.41) is 3.98. The Morgan fingerprint density at radius 1 is 1.32 bits per heavy atom. The molecule has 2 heterocycles.